The average Bonchev–Trinajstić information content (AvgIpc) is 2.43. The number of hydrogen-bond acceptors (Lipinski definition) is 5. The fourth-order valence-electron chi connectivity index (χ4n) is 1.56. The van der Waals surface area contributed by atoms with Crippen LogP contribution in [0.2, 0.25) is 0 Å². The first-order chi connectivity index (χ1) is 9.88. The van der Waals surface area contributed by atoms with Gasteiger partial charge in [-0.1, -0.05) is 11.8 Å². The number of rotatable bonds is 5. The second-order valence-electron chi connectivity index (χ2n) is 4.28. The van der Waals surface area contributed by atoms with E-state index in [9.17, 15) is 13.2 Å². The Labute approximate surface area is 124 Å². The Hall–Kier alpha value is -2.04. The van der Waals surface area contributed by atoms with E-state index in [1.807, 2.05) is 6.92 Å². The molecule has 0 aliphatic carbocycles. The molecule has 0 amide bonds. The predicted molar refractivity (Wildman–Crippen MR) is 81.2 cm³/mol. The van der Waals surface area contributed by atoms with Crippen LogP contribution in [-0.4, -0.2) is 33.8 Å². The molecule has 21 heavy (non-hydrogen) atoms. The number of esters is 1. The number of ether oxygens (including phenoxy) is 1. The zero-order chi connectivity index (χ0) is 15.9. The Kier molecular flexibility index (Phi) is 6.21. The molecule has 0 aliphatic rings. The molecule has 0 unspecified atom stereocenters. The molecule has 1 aromatic carbocycles. The number of sulfonamides is 1. The lowest BCUT2D eigenvalue weighted by Crippen LogP contribution is -2.19. The summed E-state index contributed by atoms with van der Waals surface area (Å²) in [5, 5.41) is 0. The van der Waals surface area contributed by atoms with Crippen molar-refractivity contribution in [1.29, 1.82) is 0 Å². The van der Waals surface area contributed by atoms with Crippen LogP contribution < -0.4 is 10.5 Å². The molecule has 1 aromatic rings. The molecular formula is C14H18N2O4S. The molecule has 0 saturated carbocycles. The number of anilines is 1. The highest BCUT2D eigenvalue weighted by Crippen LogP contribution is 2.16. The Morgan fingerprint density at radius 1 is 1.43 bits per heavy atom. The summed E-state index contributed by atoms with van der Waals surface area (Å²) < 4.78 is 30.5. The first kappa shape index (κ1) is 17.0. The van der Waals surface area contributed by atoms with Gasteiger partial charge in [-0.25, -0.2) is 8.42 Å². The Bertz CT molecular complexity index is 672. The number of carbonyl (C=O) groups excluding carboxylic acids is 1. The molecule has 0 fully saturated rings. The highest BCUT2D eigenvalue weighted by Gasteiger charge is 2.14. The molecule has 0 bridgehead atoms. The van der Waals surface area contributed by atoms with Crippen LogP contribution in [0.4, 0.5) is 5.69 Å². The summed E-state index contributed by atoms with van der Waals surface area (Å²) in [4.78, 5) is 11.0. The van der Waals surface area contributed by atoms with Crippen molar-refractivity contribution in [1.82, 2.24) is 0 Å². The lowest BCUT2D eigenvalue weighted by Gasteiger charge is -2.09. The fourth-order valence-corrected chi connectivity index (χ4v) is 2.59. The average molecular weight is 310 g/mol. The van der Waals surface area contributed by atoms with Crippen molar-refractivity contribution in [3.05, 3.63) is 29.3 Å². The third-order valence-electron chi connectivity index (χ3n) is 2.63. The summed E-state index contributed by atoms with van der Waals surface area (Å²) in [6.07, 6.45) is -0.190. The summed E-state index contributed by atoms with van der Waals surface area (Å²) in [6, 6.07) is 5.01. The minimum Gasteiger partial charge on any atom is -0.469 e. The zero-order valence-corrected chi connectivity index (χ0v) is 12.8. The first-order valence-corrected chi connectivity index (χ1v) is 7.90. The van der Waals surface area contributed by atoms with Gasteiger partial charge in [-0.3, -0.25) is 9.52 Å². The van der Waals surface area contributed by atoms with Crippen molar-refractivity contribution >= 4 is 21.7 Å². The van der Waals surface area contributed by atoms with Crippen molar-refractivity contribution in [3.8, 4) is 11.8 Å². The maximum atomic E-state index is 11.8. The third-order valence-corrected chi connectivity index (χ3v) is 3.92. The molecule has 1 rings (SSSR count). The van der Waals surface area contributed by atoms with Gasteiger partial charge in [-0.05, 0) is 30.7 Å². The van der Waals surface area contributed by atoms with E-state index in [-0.39, 0.29) is 18.7 Å². The van der Waals surface area contributed by atoms with Crippen LogP contribution in [0.5, 0.6) is 0 Å². The monoisotopic (exact) mass is 310 g/mol. The molecule has 6 nitrogen and oxygen atoms in total. The number of benzene rings is 1. The van der Waals surface area contributed by atoms with Gasteiger partial charge in [0, 0.05) is 11.3 Å². The molecule has 7 heteroatoms. The Balaban J connectivity index is 2.79. The Morgan fingerprint density at radius 3 is 2.71 bits per heavy atom. The van der Waals surface area contributed by atoms with Crippen LogP contribution >= 0.6 is 0 Å². The molecule has 0 spiro atoms. The van der Waals surface area contributed by atoms with E-state index in [2.05, 4.69) is 21.3 Å². The number of nitrogens with one attached hydrogen (secondary N) is 1. The van der Waals surface area contributed by atoms with E-state index >= 15 is 0 Å². The van der Waals surface area contributed by atoms with Gasteiger partial charge in [-0.2, -0.15) is 0 Å². The number of carbonyl (C=O) groups is 1. The van der Waals surface area contributed by atoms with E-state index in [1.165, 1.54) is 7.11 Å². The minimum absolute atomic E-state index is 0.190. The summed E-state index contributed by atoms with van der Waals surface area (Å²) in [6.45, 7) is 2.09. The number of methoxy groups -OCH3 is 1. The first-order valence-electron chi connectivity index (χ1n) is 6.25. The molecule has 0 atom stereocenters. The highest BCUT2D eigenvalue weighted by atomic mass is 32.2. The van der Waals surface area contributed by atoms with Crippen LogP contribution in [0.3, 0.4) is 0 Å². The molecule has 0 saturated heterocycles. The highest BCUT2D eigenvalue weighted by molar-refractivity contribution is 7.92. The predicted octanol–water partition coefficient (Wildman–Crippen LogP) is 0.610. The van der Waals surface area contributed by atoms with Crippen LogP contribution in [0.25, 0.3) is 0 Å². The maximum Gasteiger partial charge on any atom is 0.306 e. The van der Waals surface area contributed by atoms with Crippen molar-refractivity contribution in [2.75, 3.05) is 24.1 Å². The van der Waals surface area contributed by atoms with Gasteiger partial charge in [0.2, 0.25) is 10.0 Å². The van der Waals surface area contributed by atoms with Crippen molar-refractivity contribution in [2.24, 2.45) is 5.73 Å². The lowest BCUT2D eigenvalue weighted by molar-refractivity contribution is -0.140. The smallest absolute Gasteiger partial charge is 0.306 e. The van der Waals surface area contributed by atoms with Gasteiger partial charge in [0.25, 0.3) is 0 Å². The molecule has 0 aliphatic heterocycles. The topological polar surface area (TPSA) is 98.5 Å². The number of hydrogen-bond donors (Lipinski definition) is 2. The minimum atomic E-state index is -3.59. The van der Waals surface area contributed by atoms with Gasteiger partial charge < -0.3 is 10.5 Å². The Morgan fingerprint density at radius 2 is 2.14 bits per heavy atom. The maximum absolute atomic E-state index is 11.8. The lowest BCUT2D eigenvalue weighted by atomic mass is 10.1. The van der Waals surface area contributed by atoms with Gasteiger partial charge in [0.15, 0.2) is 0 Å². The SMILES string of the molecule is COC(=O)CCS(=O)(=O)Nc1ccc(C#CCN)c(C)c1. The van der Waals surface area contributed by atoms with E-state index in [4.69, 9.17) is 5.73 Å². The van der Waals surface area contributed by atoms with Gasteiger partial charge >= 0.3 is 5.97 Å². The number of aryl methyl sites for hydroxylation is 1. The van der Waals surface area contributed by atoms with Gasteiger partial charge in [0.05, 0.1) is 25.8 Å². The second-order valence-corrected chi connectivity index (χ2v) is 6.12. The van der Waals surface area contributed by atoms with Gasteiger partial charge in [0.1, 0.15) is 0 Å². The largest absolute Gasteiger partial charge is 0.469 e. The quantitative estimate of drug-likeness (QED) is 0.613. The molecule has 0 radical (unpaired) electrons. The zero-order valence-electron chi connectivity index (χ0n) is 12.0. The summed E-state index contributed by atoms with van der Waals surface area (Å²) in [5.74, 6) is 4.75. The third kappa shape index (κ3) is 5.85. The van der Waals surface area contributed by atoms with Crippen molar-refractivity contribution < 1.29 is 17.9 Å². The van der Waals surface area contributed by atoms with Crippen LogP contribution in [0, 0.1) is 18.8 Å². The van der Waals surface area contributed by atoms with E-state index in [0.29, 0.717) is 5.69 Å². The number of nitrogens with two attached hydrogens (primary N) is 1. The van der Waals surface area contributed by atoms with Crippen LogP contribution in [0.15, 0.2) is 18.2 Å². The summed E-state index contributed by atoms with van der Waals surface area (Å²) in [5.41, 5.74) is 7.36. The van der Waals surface area contributed by atoms with Crippen LogP contribution in [0.1, 0.15) is 17.5 Å². The second kappa shape index (κ2) is 7.67. The molecule has 3 N–H and O–H groups in total. The van der Waals surface area contributed by atoms with E-state index in [0.717, 1.165) is 11.1 Å². The van der Waals surface area contributed by atoms with Crippen molar-refractivity contribution in [3.63, 3.8) is 0 Å². The van der Waals surface area contributed by atoms with E-state index < -0.39 is 16.0 Å². The van der Waals surface area contributed by atoms with Crippen molar-refractivity contribution in [2.45, 2.75) is 13.3 Å². The molecular weight excluding hydrogens is 292 g/mol. The fraction of sp³-hybridized carbons (Fsp3) is 0.357. The molecule has 114 valence electrons. The summed E-state index contributed by atoms with van der Waals surface area (Å²) >= 11 is 0. The molecule has 0 aromatic heterocycles. The van der Waals surface area contributed by atoms with Gasteiger partial charge in [-0.15, -0.1) is 0 Å². The molecule has 0 heterocycles. The summed E-state index contributed by atoms with van der Waals surface area (Å²) in [7, 11) is -2.38. The standard InChI is InChI=1S/C14H18N2O4S/c1-11-10-13(6-5-12(11)4-3-8-15)16-21(18,19)9-7-14(17)20-2/h5-6,10,16H,7-9,15H2,1-2H3. The van der Waals surface area contributed by atoms with Crippen LogP contribution in [-0.2, 0) is 19.6 Å². The normalized spacial score (nSPS) is 10.4. The van der Waals surface area contributed by atoms with E-state index in [1.54, 1.807) is 18.2 Å².